The van der Waals surface area contributed by atoms with Gasteiger partial charge in [-0.15, -0.1) is 16.8 Å². The highest BCUT2D eigenvalue weighted by molar-refractivity contribution is 7.99. The first-order valence-electron chi connectivity index (χ1n) is 10.1. The monoisotopic (exact) mass is 500 g/mol. The first kappa shape index (κ1) is 25.1. The maximum atomic E-state index is 12.4. The van der Waals surface area contributed by atoms with Crippen molar-refractivity contribution in [3.05, 3.63) is 54.4 Å². The number of carbonyl (C=O) groups excluding carboxylic acids is 2. The van der Waals surface area contributed by atoms with E-state index in [1.165, 1.54) is 29.6 Å². The second kappa shape index (κ2) is 12.0. The number of ether oxygens (including phenoxy) is 1. The van der Waals surface area contributed by atoms with E-state index in [2.05, 4.69) is 32.1 Å². The van der Waals surface area contributed by atoms with Crippen molar-refractivity contribution in [2.75, 3.05) is 29.1 Å². The molecule has 0 aliphatic heterocycles. The molecule has 0 aliphatic rings. The van der Waals surface area contributed by atoms with Crippen molar-refractivity contribution in [3.63, 3.8) is 0 Å². The molecule has 2 heterocycles. The van der Waals surface area contributed by atoms with E-state index in [1.54, 1.807) is 37.3 Å². The number of allylic oxidation sites excluding steroid dienone is 1. The molecule has 0 unspecified atom stereocenters. The van der Waals surface area contributed by atoms with E-state index in [0.29, 0.717) is 57.9 Å². The number of thioether (sulfide) groups is 2. The third-order valence-corrected chi connectivity index (χ3v) is 6.00. The Morgan fingerprint density at radius 2 is 1.85 bits per heavy atom. The Kier molecular flexibility index (Phi) is 8.87. The predicted octanol–water partition coefficient (Wildman–Crippen LogP) is 2.62. The van der Waals surface area contributed by atoms with Gasteiger partial charge in [-0.2, -0.15) is 0 Å². The van der Waals surface area contributed by atoms with Crippen molar-refractivity contribution >= 4 is 52.7 Å². The number of nitrogen functional groups attached to an aromatic ring is 2. The minimum Gasteiger partial charge on any atom is -0.462 e. The van der Waals surface area contributed by atoms with Crippen LogP contribution in [0.4, 0.5) is 17.3 Å². The molecule has 178 valence electrons. The van der Waals surface area contributed by atoms with Gasteiger partial charge in [0.2, 0.25) is 5.91 Å². The highest BCUT2D eigenvalue weighted by Gasteiger charge is 2.15. The minimum atomic E-state index is -0.405. The molecule has 34 heavy (non-hydrogen) atoms. The second-order valence-corrected chi connectivity index (χ2v) is 8.61. The highest BCUT2D eigenvalue weighted by Crippen LogP contribution is 2.24. The quantitative estimate of drug-likeness (QED) is 0.153. The standard InChI is InChI=1S/C21H24N8O3S2/c1-3-9-29-17(11-33-20-25-15(22)10-16(23)26-20)27-28-21(29)34-12-18(30)24-14-7-5-13(6-8-14)19(31)32-4-2/h3,5-8,10H,1,4,9,11-12H2,2H3,(H,24,30)(H4,22,23,25,26). The predicted molar refractivity (Wildman–Crippen MR) is 132 cm³/mol. The topological polar surface area (TPSA) is 164 Å². The lowest BCUT2D eigenvalue weighted by Crippen LogP contribution is -2.15. The van der Waals surface area contributed by atoms with Gasteiger partial charge in [0.1, 0.15) is 17.5 Å². The summed E-state index contributed by atoms with van der Waals surface area (Å²) >= 11 is 2.58. The fraction of sp³-hybridized carbons (Fsp3) is 0.238. The molecule has 3 rings (SSSR count). The van der Waals surface area contributed by atoms with Gasteiger partial charge < -0.3 is 26.1 Å². The van der Waals surface area contributed by atoms with Crippen molar-refractivity contribution in [1.29, 1.82) is 0 Å². The molecule has 0 saturated carbocycles. The molecular formula is C21H24N8O3S2. The van der Waals surface area contributed by atoms with Gasteiger partial charge in [-0.05, 0) is 31.2 Å². The van der Waals surface area contributed by atoms with Crippen LogP contribution >= 0.6 is 23.5 Å². The summed E-state index contributed by atoms with van der Waals surface area (Å²) in [4.78, 5) is 32.4. The van der Waals surface area contributed by atoms with Crippen LogP contribution in [0.5, 0.6) is 0 Å². The number of benzene rings is 1. The third-order valence-electron chi connectivity index (χ3n) is 4.19. The average Bonchev–Trinajstić information content (AvgIpc) is 3.18. The number of hydrogen-bond acceptors (Lipinski definition) is 11. The molecule has 0 atom stereocenters. The molecule has 0 bridgehead atoms. The van der Waals surface area contributed by atoms with Crippen LogP contribution in [-0.4, -0.2) is 49.0 Å². The Bertz CT molecular complexity index is 1150. The number of nitrogens with zero attached hydrogens (tertiary/aromatic N) is 5. The Balaban J connectivity index is 1.58. The van der Waals surface area contributed by atoms with Crippen LogP contribution in [0.15, 0.2) is 53.3 Å². The number of anilines is 3. The van der Waals surface area contributed by atoms with E-state index in [-0.39, 0.29) is 11.7 Å². The van der Waals surface area contributed by atoms with Gasteiger partial charge >= 0.3 is 5.97 Å². The summed E-state index contributed by atoms with van der Waals surface area (Å²) in [5.74, 6) is 1.19. The Morgan fingerprint density at radius 1 is 1.15 bits per heavy atom. The molecular weight excluding hydrogens is 476 g/mol. The van der Waals surface area contributed by atoms with Crippen LogP contribution in [0.25, 0.3) is 0 Å². The number of amides is 1. The van der Waals surface area contributed by atoms with Crippen LogP contribution in [0, 0.1) is 0 Å². The van der Waals surface area contributed by atoms with Gasteiger partial charge in [0.05, 0.1) is 23.7 Å². The molecule has 5 N–H and O–H groups in total. The lowest BCUT2D eigenvalue weighted by molar-refractivity contribution is -0.113. The number of nitrogens with one attached hydrogen (secondary N) is 1. The zero-order valence-electron chi connectivity index (χ0n) is 18.4. The molecule has 0 radical (unpaired) electrons. The zero-order chi connectivity index (χ0) is 24.5. The van der Waals surface area contributed by atoms with Gasteiger partial charge in [-0.1, -0.05) is 29.6 Å². The van der Waals surface area contributed by atoms with Crippen LogP contribution < -0.4 is 16.8 Å². The Morgan fingerprint density at radius 3 is 2.50 bits per heavy atom. The average molecular weight is 501 g/mol. The smallest absolute Gasteiger partial charge is 0.338 e. The fourth-order valence-corrected chi connectivity index (χ4v) is 4.31. The van der Waals surface area contributed by atoms with Gasteiger partial charge in [-0.3, -0.25) is 4.79 Å². The number of nitrogens with two attached hydrogens (primary N) is 2. The number of carbonyl (C=O) groups is 2. The van der Waals surface area contributed by atoms with Crippen molar-refractivity contribution in [2.45, 2.75) is 29.5 Å². The molecule has 11 nitrogen and oxygen atoms in total. The summed E-state index contributed by atoms with van der Waals surface area (Å²) in [6.07, 6.45) is 1.72. The number of aromatic nitrogens is 5. The Labute approximate surface area is 204 Å². The lowest BCUT2D eigenvalue weighted by atomic mass is 10.2. The van der Waals surface area contributed by atoms with Crippen LogP contribution in [0.2, 0.25) is 0 Å². The van der Waals surface area contributed by atoms with E-state index < -0.39 is 5.97 Å². The molecule has 13 heteroatoms. The summed E-state index contributed by atoms with van der Waals surface area (Å²) < 4.78 is 6.81. The first-order chi connectivity index (χ1) is 16.4. The molecule has 1 amide bonds. The molecule has 3 aromatic rings. The van der Waals surface area contributed by atoms with Crippen LogP contribution in [0.3, 0.4) is 0 Å². The van der Waals surface area contributed by atoms with Crippen molar-refractivity contribution in [2.24, 2.45) is 0 Å². The molecule has 0 aliphatic carbocycles. The minimum absolute atomic E-state index is 0.122. The second-order valence-electron chi connectivity index (χ2n) is 6.72. The molecule has 2 aromatic heterocycles. The van der Waals surface area contributed by atoms with Gasteiger partial charge in [0.15, 0.2) is 10.3 Å². The van der Waals surface area contributed by atoms with E-state index in [1.807, 2.05) is 4.57 Å². The van der Waals surface area contributed by atoms with Gasteiger partial charge in [0, 0.05) is 18.3 Å². The van der Waals surface area contributed by atoms with Crippen LogP contribution in [0.1, 0.15) is 23.1 Å². The lowest BCUT2D eigenvalue weighted by Gasteiger charge is -2.08. The van der Waals surface area contributed by atoms with Gasteiger partial charge in [0.25, 0.3) is 0 Å². The van der Waals surface area contributed by atoms with E-state index in [9.17, 15) is 9.59 Å². The highest BCUT2D eigenvalue weighted by atomic mass is 32.2. The number of esters is 1. The fourth-order valence-electron chi connectivity index (χ4n) is 2.73. The normalized spacial score (nSPS) is 10.6. The summed E-state index contributed by atoms with van der Waals surface area (Å²) in [6, 6.07) is 7.98. The number of hydrogen-bond donors (Lipinski definition) is 3. The van der Waals surface area contributed by atoms with Crippen molar-refractivity contribution in [3.8, 4) is 0 Å². The SMILES string of the molecule is C=CCn1c(CSc2nc(N)cc(N)n2)nnc1SCC(=O)Nc1ccc(C(=O)OCC)cc1. The molecule has 0 spiro atoms. The van der Waals surface area contributed by atoms with E-state index >= 15 is 0 Å². The summed E-state index contributed by atoms with van der Waals surface area (Å²) in [5, 5.41) is 12.2. The van der Waals surface area contributed by atoms with E-state index in [4.69, 9.17) is 16.2 Å². The zero-order valence-corrected chi connectivity index (χ0v) is 20.1. The Hall–Kier alpha value is -3.58. The van der Waals surface area contributed by atoms with E-state index in [0.717, 1.165) is 0 Å². The summed E-state index contributed by atoms with van der Waals surface area (Å²) in [5.41, 5.74) is 12.4. The molecule has 0 fully saturated rings. The van der Waals surface area contributed by atoms with Crippen molar-refractivity contribution < 1.29 is 14.3 Å². The van der Waals surface area contributed by atoms with Crippen LogP contribution in [-0.2, 0) is 21.8 Å². The van der Waals surface area contributed by atoms with Gasteiger partial charge in [-0.25, -0.2) is 14.8 Å². The first-order valence-corrected chi connectivity index (χ1v) is 12.1. The third kappa shape index (κ3) is 6.96. The number of rotatable bonds is 11. The maximum absolute atomic E-state index is 12.4. The van der Waals surface area contributed by atoms with Crippen molar-refractivity contribution in [1.82, 2.24) is 24.7 Å². The maximum Gasteiger partial charge on any atom is 0.338 e. The molecule has 1 aromatic carbocycles. The summed E-state index contributed by atoms with van der Waals surface area (Å²) in [7, 11) is 0. The summed E-state index contributed by atoms with van der Waals surface area (Å²) in [6.45, 7) is 6.30. The largest absolute Gasteiger partial charge is 0.462 e. The molecule has 0 saturated heterocycles.